The number of hydrogen-bond donors (Lipinski definition) is 0. The third kappa shape index (κ3) is 2.80. The monoisotopic (exact) mass is 331 g/mol. The van der Waals surface area contributed by atoms with Crippen molar-refractivity contribution in [3.05, 3.63) is 46.2 Å². The standard InChI is InChI=1S/C17H17NO4S/c19-17(16-15-14(11-23-16)21-8-9-22-15)18-6-7-20-13(10-18)12-4-2-1-3-5-12/h1-5,11,13H,6-10H2. The van der Waals surface area contributed by atoms with E-state index < -0.39 is 0 Å². The van der Waals surface area contributed by atoms with Crippen molar-refractivity contribution < 1.29 is 19.0 Å². The highest BCUT2D eigenvalue weighted by Crippen LogP contribution is 2.40. The number of fused-ring (bicyclic) bond motifs is 1. The van der Waals surface area contributed by atoms with Crippen LogP contribution in [0.5, 0.6) is 11.5 Å². The topological polar surface area (TPSA) is 48.0 Å². The van der Waals surface area contributed by atoms with Crippen LogP contribution in [0.15, 0.2) is 35.7 Å². The second-order valence-corrected chi connectivity index (χ2v) is 6.36. The van der Waals surface area contributed by atoms with E-state index >= 15 is 0 Å². The van der Waals surface area contributed by atoms with Gasteiger partial charge in [0, 0.05) is 11.9 Å². The molecule has 0 aliphatic carbocycles. The highest BCUT2D eigenvalue weighted by Gasteiger charge is 2.31. The largest absolute Gasteiger partial charge is 0.485 e. The summed E-state index contributed by atoms with van der Waals surface area (Å²) in [5.41, 5.74) is 1.10. The Bertz CT molecular complexity index is 700. The summed E-state index contributed by atoms with van der Waals surface area (Å²) in [7, 11) is 0. The number of carbonyl (C=O) groups is 1. The molecule has 120 valence electrons. The normalized spacial score (nSPS) is 20.3. The number of hydrogen-bond acceptors (Lipinski definition) is 5. The van der Waals surface area contributed by atoms with Gasteiger partial charge in [0.05, 0.1) is 13.2 Å². The van der Waals surface area contributed by atoms with Crippen molar-refractivity contribution >= 4 is 17.2 Å². The van der Waals surface area contributed by atoms with Crippen molar-refractivity contribution in [2.24, 2.45) is 0 Å². The van der Waals surface area contributed by atoms with Gasteiger partial charge in [-0.3, -0.25) is 4.79 Å². The lowest BCUT2D eigenvalue weighted by Crippen LogP contribution is -2.42. The molecule has 3 heterocycles. The van der Waals surface area contributed by atoms with Crippen LogP contribution in [0, 0.1) is 0 Å². The van der Waals surface area contributed by atoms with Crippen molar-refractivity contribution in [2.75, 3.05) is 32.9 Å². The number of nitrogens with zero attached hydrogens (tertiary/aromatic N) is 1. The summed E-state index contributed by atoms with van der Waals surface area (Å²) in [6.45, 7) is 2.70. The van der Waals surface area contributed by atoms with Crippen LogP contribution >= 0.6 is 11.3 Å². The van der Waals surface area contributed by atoms with Gasteiger partial charge in [-0.15, -0.1) is 11.3 Å². The molecule has 1 amide bonds. The maximum absolute atomic E-state index is 12.9. The van der Waals surface area contributed by atoms with Gasteiger partial charge in [-0.25, -0.2) is 0 Å². The summed E-state index contributed by atoms with van der Waals surface area (Å²) in [6.07, 6.45) is -0.0816. The molecule has 1 saturated heterocycles. The molecule has 0 radical (unpaired) electrons. The van der Waals surface area contributed by atoms with E-state index in [4.69, 9.17) is 14.2 Å². The van der Waals surface area contributed by atoms with E-state index in [-0.39, 0.29) is 12.0 Å². The van der Waals surface area contributed by atoms with Gasteiger partial charge < -0.3 is 19.1 Å². The lowest BCUT2D eigenvalue weighted by molar-refractivity contribution is -0.0228. The first-order valence-corrected chi connectivity index (χ1v) is 8.54. The van der Waals surface area contributed by atoms with Crippen molar-refractivity contribution in [2.45, 2.75) is 6.10 Å². The molecule has 2 aromatic rings. The number of thiophene rings is 1. The Labute approximate surface area is 138 Å². The quantitative estimate of drug-likeness (QED) is 0.849. The Morgan fingerprint density at radius 2 is 1.96 bits per heavy atom. The highest BCUT2D eigenvalue weighted by atomic mass is 32.1. The van der Waals surface area contributed by atoms with E-state index in [1.165, 1.54) is 11.3 Å². The Hall–Kier alpha value is -2.05. The van der Waals surface area contributed by atoms with Crippen molar-refractivity contribution in [1.29, 1.82) is 0 Å². The summed E-state index contributed by atoms with van der Waals surface area (Å²) >= 11 is 1.38. The first-order chi connectivity index (χ1) is 11.3. The van der Waals surface area contributed by atoms with Crippen LogP contribution in [-0.4, -0.2) is 43.7 Å². The molecule has 0 bridgehead atoms. The first-order valence-electron chi connectivity index (χ1n) is 7.66. The third-order valence-electron chi connectivity index (χ3n) is 4.02. The summed E-state index contributed by atoms with van der Waals surface area (Å²) in [5.74, 6) is 1.26. The van der Waals surface area contributed by atoms with E-state index in [1.807, 2.05) is 40.6 Å². The maximum atomic E-state index is 12.9. The van der Waals surface area contributed by atoms with E-state index in [2.05, 4.69) is 0 Å². The molecule has 0 spiro atoms. The van der Waals surface area contributed by atoms with E-state index in [9.17, 15) is 4.79 Å². The minimum Gasteiger partial charge on any atom is -0.485 e. The lowest BCUT2D eigenvalue weighted by Gasteiger charge is -2.33. The maximum Gasteiger partial charge on any atom is 0.268 e. The van der Waals surface area contributed by atoms with Crippen LogP contribution in [0.3, 0.4) is 0 Å². The van der Waals surface area contributed by atoms with Crippen molar-refractivity contribution in [1.82, 2.24) is 4.90 Å². The summed E-state index contributed by atoms with van der Waals surface area (Å²) in [4.78, 5) is 15.3. The SMILES string of the molecule is O=C(c1scc2c1OCCO2)N1CCOC(c2ccccc2)C1. The molecule has 1 aromatic carbocycles. The van der Waals surface area contributed by atoms with Crippen molar-refractivity contribution in [3.63, 3.8) is 0 Å². The van der Waals surface area contributed by atoms with Crippen molar-refractivity contribution in [3.8, 4) is 11.5 Å². The molecule has 0 saturated carbocycles. The second-order valence-electron chi connectivity index (χ2n) is 5.48. The fraction of sp³-hybridized carbons (Fsp3) is 0.353. The molecule has 0 N–H and O–H groups in total. The summed E-state index contributed by atoms with van der Waals surface area (Å²) in [5, 5.41) is 1.84. The molecule has 1 atom stereocenters. The molecule has 2 aliphatic rings. The summed E-state index contributed by atoms with van der Waals surface area (Å²) in [6, 6.07) is 10.0. The Morgan fingerprint density at radius 3 is 2.83 bits per heavy atom. The number of benzene rings is 1. The van der Waals surface area contributed by atoms with Crippen LogP contribution in [0.4, 0.5) is 0 Å². The molecule has 2 aliphatic heterocycles. The van der Waals surface area contributed by atoms with Gasteiger partial charge in [-0.1, -0.05) is 30.3 Å². The second kappa shape index (κ2) is 6.22. The average molecular weight is 331 g/mol. The molecule has 1 unspecified atom stereocenters. The predicted octanol–water partition coefficient (Wildman–Crippen LogP) is 2.73. The van der Waals surface area contributed by atoms with Gasteiger partial charge >= 0.3 is 0 Å². The number of rotatable bonds is 2. The van der Waals surface area contributed by atoms with Crippen LogP contribution in [0.25, 0.3) is 0 Å². The zero-order valence-corrected chi connectivity index (χ0v) is 13.4. The first kappa shape index (κ1) is 14.5. The minimum absolute atomic E-state index is 0.00835. The number of amides is 1. The Morgan fingerprint density at radius 1 is 1.13 bits per heavy atom. The van der Waals surface area contributed by atoms with E-state index in [1.54, 1.807) is 0 Å². The fourth-order valence-corrected chi connectivity index (χ4v) is 3.75. The van der Waals surface area contributed by atoms with Gasteiger partial charge in [0.15, 0.2) is 11.5 Å². The minimum atomic E-state index is -0.0816. The number of carbonyl (C=O) groups excluding carboxylic acids is 1. The highest BCUT2D eigenvalue weighted by molar-refractivity contribution is 7.12. The molecule has 5 nitrogen and oxygen atoms in total. The lowest BCUT2D eigenvalue weighted by atomic mass is 10.1. The Balaban J connectivity index is 1.53. The zero-order valence-electron chi connectivity index (χ0n) is 12.6. The van der Waals surface area contributed by atoms with Gasteiger partial charge in [-0.2, -0.15) is 0 Å². The number of morpholine rings is 1. The molecule has 1 fully saturated rings. The Kier molecular flexibility index (Phi) is 3.93. The predicted molar refractivity (Wildman–Crippen MR) is 86.3 cm³/mol. The van der Waals surface area contributed by atoms with Gasteiger partial charge in [-0.05, 0) is 5.56 Å². The van der Waals surface area contributed by atoms with Crippen LogP contribution in [0.1, 0.15) is 21.3 Å². The van der Waals surface area contributed by atoms with Gasteiger partial charge in [0.2, 0.25) is 0 Å². The molecule has 6 heteroatoms. The van der Waals surface area contributed by atoms with Gasteiger partial charge in [0.1, 0.15) is 24.2 Å². The summed E-state index contributed by atoms with van der Waals surface area (Å²) < 4.78 is 17.0. The molecular weight excluding hydrogens is 314 g/mol. The fourth-order valence-electron chi connectivity index (χ4n) is 2.86. The third-order valence-corrected chi connectivity index (χ3v) is 4.95. The molecule has 23 heavy (non-hydrogen) atoms. The zero-order chi connectivity index (χ0) is 15.6. The van der Waals surface area contributed by atoms with E-state index in [0.717, 1.165) is 5.56 Å². The van der Waals surface area contributed by atoms with E-state index in [0.29, 0.717) is 49.3 Å². The average Bonchev–Trinajstić information content (AvgIpc) is 3.06. The smallest absolute Gasteiger partial charge is 0.268 e. The molecular formula is C17H17NO4S. The number of ether oxygens (including phenoxy) is 3. The van der Waals surface area contributed by atoms with Crippen LogP contribution in [0.2, 0.25) is 0 Å². The van der Waals surface area contributed by atoms with Crippen LogP contribution in [-0.2, 0) is 4.74 Å². The van der Waals surface area contributed by atoms with Gasteiger partial charge in [0.25, 0.3) is 5.91 Å². The molecule has 1 aromatic heterocycles. The molecule has 4 rings (SSSR count). The van der Waals surface area contributed by atoms with Crippen LogP contribution < -0.4 is 9.47 Å².